The van der Waals surface area contributed by atoms with Crippen LogP contribution in [0.1, 0.15) is 46.1 Å². The maximum atomic E-state index is 14.4. The zero-order chi connectivity index (χ0) is 47.9. The first-order chi connectivity index (χ1) is 31.4. The molecule has 0 aromatic heterocycles. The molecule has 4 saturated heterocycles. The Morgan fingerprint density at radius 3 is 2.05 bits per heavy atom. The molecule has 23 heteroatoms. The lowest BCUT2D eigenvalue weighted by molar-refractivity contribution is -0.336. The summed E-state index contributed by atoms with van der Waals surface area (Å²) in [5.41, 5.74) is 0.676. The number of ether oxygens (including phenoxy) is 11. The van der Waals surface area contributed by atoms with Crippen LogP contribution >= 0.6 is 11.8 Å². The Hall–Kier alpha value is -5.85. The van der Waals surface area contributed by atoms with Gasteiger partial charge < -0.3 is 62.5 Å². The van der Waals surface area contributed by atoms with E-state index in [-0.39, 0.29) is 13.0 Å². The van der Waals surface area contributed by atoms with Crippen molar-refractivity contribution in [2.45, 2.75) is 124 Å². The molecule has 0 spiro atoms. The zero-order valence-electron chi connectivity index (χ0n) is 36.6. The number of carbonyl (C=O) groups excluding carboxylic acids is 8. The summed E-state index contributed by atoms with van der Waals surface area (Å²) >= 11 is 0.933. The third kappa shape index (κ3) is 11.0. The second-order valence-corrected chi connectivity index (χ2v) is 16.9. The van der Waals surface area contributed by atoms with Crippen LogP contribution in [-0.2, 0) is 87.5 Å². The minimum absolute atomic E-state index is 0.0832. The first kappa shape index (κ1) is 49.6. The van der Waals surface area contributed by atoms with Crippen molar-refractivity contribution in [3.05, 3.63) is 66.2 Å². The molecular formula is C43H50N2O20S. The number of amides is 3. The number of benzene rings is 2. The van der Waals surface area contributed by atoms with Crippen LogP contribution in [0.25, 0.3) is 0 Å². The van der Waals surface area contributed by atoms with Crippen molar-refractivity contribution in [1.82, 2.24) is 10.2 Å². The molecule has 0 saturated carbocycles. The lowest BCUT2D eigenvalue weighted by atomic mass is 9.87. The number of aliphatic hydroxyl groups excluding tert-OH is 1. The first-order valence-corrected chi connectivity index (χ1v) is 21.4. The molecule has 2 aromatic rings. The summed E-state index contributed by atoms with van der Waals surface area (Å²) in [7, 11) is 2.10. The van der Waals surface area contributed by atoms with E-state index < -0.39 is 139 Å². The molecule has 6 rings (SSSR count). The minimum atomic E-state index is -2.79. The largest absolute Gasteiger partial charge is 0.466 e. The number of carbonyl (C=O) groups is 8. The fourth-order valence-electron chi connectivity index (χ4n) is 8.26. The van der Waals surface area contributed by atoms with Gasteiger partial charge in [0.1, 0.15) is 49.3 Å². The Morgan fingerprint density at radius 2 is 1.44 bits per heavy atom. The standard InChI is InChI=1S/C43H50N2O20S/c1-22(46)45-33-29(62-41(45)54)17-42(38(51)55-5,64-37(33)35(60-25(4)49)31(59-24(3)48)21-58-23(2)47)63-30(20-57-19-26-13-9-7-10-14-26)34(50)36-32-28(61-40(53)44-32)18-43(65-36,39(52)56-6)66-27-15-11-8-12-16-27/h7-16,28-37,50H,17-21H2,1-6H3,(H,44,53)/t28-,29-,30+,31+,32+,33+,34+,35+,36+,37+,42+,43+/m0/s1. The van der Waals surface area contributed by atoms with Crippen LogP contribution in [0.15, 0.2) is 65.6 Å². The number of aliphatic hydroxyl groups is 1. The van der Waals surface area contributed by atoms with Crippen molar-refractivity contribution in [3.63, 3.8) is 0 Å². The summed E-state index contributed by atoms with van der Waals surface area (Å²) in [6, 6.07) is 14.7. The predicted octanol–water partition coefficient (Wildman–Crippen LogP) is 1.70. The summed E-state index contributed by atoms with van der Waals surface area (Å²) in [5, 5.41) is 15.3. The smallest absolute Gasteiger partial charge is 0.417 e. The van der Waals surface area contributed by atoms with Gasteiger partial charge in [-0.25, -0.2) is 24.1 Å². The molecule has 66 heavy (non-hydrogen) atoms. The lowest BCUT2D eigenvalue weighted by Crippen LogP contribution is -2.69. The molecule has 3 amide bonds. The number of thioether (sulfide) groups is 1. The first-order valence-electron chi connectivity index (χ1n) is 20.6. The third-order valence-corrected chi connectivity index (χ3v) is 12.2. The molecule has 0 unspecified atom stereocenters. The summed E-state index contributed by atoms with van der Waals surface area (Å²) in [6.45, 7) is 2.65. The number of imide groups is 1. The van der Waals surface area contributed by atoms with Gasteiger partial charge in [0.25, 0.3) is 5.79 Å². The van der Waals surface area contributed by atoms with E-state index in [1.807, 2.05) is 0 Å². The molecule has 4 fully saturated rings. The average molecular weight is 947 g/mol. The summed E-state index contributed by atoms with van der Waals surface area (Å²) in [4.78, 5) is 104. The third-order valence-electron chi connectivity index (χ3n) is 10.9. The van der Waals surface area contributed by atoms with Crippen molar-refractivity contribution in [1.29, 1.82) is 0 Å². The van der Waals surface area contributed by atoms with E-state index in [0.29, 0.717) is 15.4 Å². The van der Waals surface area contributed by atoms with E-state index in [0.717, 1.165) is 53.7 Å². The molecular weight excluding hydrogens is 897 g/mol. The van der Waals surface area contributed by atoms with Gasteiger partial charge >= 0.3 is 42.0 Å². The summed E-state index contributed by atoms with van der Waals surface area (Å²) in [6.07, 6.45) is -16.6. The van der Waals surface area contributed by atoms with E-state index in [4.69, 9.17) is 52.1 Å². The van der Waals surface area contributed by atoms with Crippen molar-refractivity contribution in [2.75, 3.05) is 27.4 Å². The SMILES string of the molecule is COC(=O)[C@@]1(O[C@H](COCc2ccccc2)[C@@H](O)[C@@H]2O[C@](Sc3ccccc3)(C(=O)OC)C[C@@H]3OC(=O)N[C@@H]23)C[C@@H]2OC(=O)N(C(C)=O)[C@H]2[C@H]([C@H](OC(C)=O)[C@@H](COC(C)=O)OC(C)=O)O1. The second kappa shape index (κ2) is 21.2. The van der Waals surface area contributed by atoms with Crippen LogP contribution in [-0.4, -0.2) is 157 Å². The number of hydrogen-bond donors (Lipinski definition) is 2. The quantitative estimate of drug-likeness (QED) is 0.159. The Bertz CT molecular complexity index is 2130. The molecule has 2 N–H and O–H groups in total. The Morgan fingerprint density at radius 1 is 0.788 bits per heavy atom. The van der Waals surface area contributed by atoms with Crippen LogP contribution in [0.2, 0.25) is 0 Å². The van der Waals surface area contributed by atoms with Gasteiger partial charge in [-0.1, -0.05) is 60.3 Å². The molecule has 12 atom stereocenters. The fourth-order valence-corrected chi connectivity index (χ4v) is 9.50. The highest BCUT2D eigenvalue weighted by Gasteiger charge is 2.66. The molecule has 2 aromatic carbocycles. The molecule has 4 aliphatic rings. The Balaban J connectivity index is 1.47. The van der Waals surface area contributed by atoms with Crippen molar-refractivity contribution < 1.29 is 95.6 Å². The van der Waals surface area contributed by atoms with Crippen molar-refractivity contribution >= 4 is 59.7 Å². The fraction of sp³-hybridized carbons (Fsp3) is 0.535. The lowest BCUT2D eigenvalue weighted by Gasteiger charge is -2.49. The monoisotopic (exact) mass is 946 g/mol. The molecule has 0 radical (unpaired) electrons. The zero-order valence-corrected chi connectivity index (χ0v) is 37.5. The second-order valence-electron chi connectivity index (χ2n) is 15.6. The van der Waals surface area contributed by atoms with Gasteiger partial charge in [0.2, 0.25) is 10.8 Å². The number of hydrogen-bond acceptors (Lipinski definition) is 21. The van der Waals surface area contributed by atoms with Gasteiger partial charge in [0.15, 0.2) is 12.2 Å². The highest BCUT2D eigenvalue weighted by atomic mass is 32.2. The maximum Gasteiger partial charge on any atom is 0.417 e. The van der Waals surface area contributed by atoms with Gasteiger partial charge in [-0.2, -0.15) is 0 Å². The number of alkyl carbamates (subject to hydrolysis) is 1. The maximum absolute atomic E-state index is 14.4. The highest BCUT2D eigenvalue weighted by Crippen LogP contribution is 2.48. The van der Waals surface area contributed by atoms with E-state index in [2.05, 4.69) is 5.32 Å². The van der Waals surface area contributed by atoms with E-state index in [1.165, 1.54) is 0 Å². The van der Waals surface area contributed by atoms with Gasteiger partial charge in [0, 0.05) is 39.0 Å². The number of nitrogens with one attached hydrogen (secondary N) is 1. The summed E-state index contributed by atoms with van der Waals surface area (Å²) in [5.74, 6) is -8.66. The molecule has 358 valence electrons. The number of fused-ring (bicyclic) bond motifs is 2. The molecule has 0 bridgehead atoms. The Labute approximate surface area is 382 Å². The normalized spacial score (nSPS) is 28.4. The van der Waals surface area contributed by atoms with Gasteiger partial charge in [-0.3, -0.25) is 19.2 Å². The molecule has 0 aliphatic carbocycles. The minimum Gasteiger partial charge on any atom is -0.466 e. The van der Waals surface area contributed by atoms with Crippen LogP contribution < -0.4 is 5.32 Å². The average Bonchev–Trinajstić information content (AvgIpc) is 3.83. The van der Waals surface area contributed by atoms with Gasteiger partial charge in [0.05, 0.1) is 39.9 Å². The van der Waals surface area contributed by atoms with Gasteiger partial charge in [-0.05, 0) is 17.7 Å². The number of rotatable bonds is 18. The number of methoxy groups -OCH3 is 2. The van der Waals surface area contributed by atoms with E-state index >= 15 is 0 Å². The van der Waals surface area contributed by atoms with Crippen LogP contribution in [0.3, 0.4) is 0 Å². The number of esters is 5. The Kier molecular flexibility index (Phi) is 15.9. The van der Waals surface area contributed by atoms with Crippen molar-refractivity contribution in [2.24, 2.45) is 0 Å². The van der Waals surface area contributed by atoms with Crippen LogP contribution in [0.4, 0.5) is 9.59 Å². The van der Waals surface area contributed by atoms with E-state index in [1.54, 1.807) is 60.7 Å². The van der Waals surface area contributed by atoms with Gasteiger partial charge in [-0.15, -0.1) is 0 Å². The van der Waals surface area contributed by atoms with Crippen molar-refractivity contribution in [3.8, 4) is 0 Å². The van der Waals surface area contributed by atoms with Crippen LogP contribution in [0.5, 0.6) is 0 Å². The van der Waals surface area contributed by atoms with E-state index in [9.17, 15) is 43.5 Å². The topological polar surface area (TPSA) is 274 Å². The molecule has 4 heterocycles. The predicted molar refractivity (Wildman–Crippen MR) is 219 cm³/mol. The van der Waals surface area contributed by atoms with Crippen LogP contribution in [0, 0.1) is 0 Å². The molecule has 22 nitrogen and oxygen atoms in total. The molecule has 4 aliphatic heterocycles. The highest BCUT2D eigenvalue weighted by molar-refractivity contribution is 8.01. The number of nitrogens with zero attached hydrogens (tertiary/aromatic N) is 1. The summed E-state index contributed by atoms with van der Waals surface area (Å²) < 4.78 is 63.6.